The second kappa shape index (κ2) is 8.33. The van der Waals surface area contributed by atoms with Crippen molar-refractivity contribution >= 4 is 22.5 Å². The second-order valence-corrected chi connectivity index (χ2v) is 7.53. The Kier molecular flexibility index (Phi) is 5.44. The van der Waals surface area contributed by atoms with Gasteiger partial charge >= 0.3 is 0 Å². The van der Waals surface area contributed by atoms with Crippen molar-refractivity contribution in [2.75, 3.05) is 26.0 Å². The van der Waals surface area contributed by atoms with Gasteiger partial charge in [0.1, 0.15) is 0 Å². The number of nitrogens with zero attached hydrogens (tertiary/aromatic N) is 4. The molecule has 0 N–H and O–H groups in total. The number of carbonyl (C=O) groups is 1. The van der Waals surface area contributed by atoms with Crippen molar-refractivity contribution in [2.45, 2.75) is 6.54 Å². The standard InChI is InChI=1S/C25H24N4O/c1-28(2)20-10-8-18(9-11-20)17-29(3)25(30)22-16-24(19-12-14-26-15-13-19)27-23-7-5-4-6-21(22)23/h4-16H,17H2,1-3H3. The first-order chi connectivity index (χ1) is 14.5. The summed E-state index contributed by atoms with van der Waals surface area (Å²) in [4.78, 5) is 26.0. The summed E-state index contributed by atoms with van der Waals surface area (Å²) in [7, 11) is 5.86. The molecule has 150 valence electrons. The van der Waals surface area contributed by atoms with Crippen LogP contribution in [0.3, 0.4) is 0 Å². The minimum Gasteiger partial charge on any atom is -0.378 e. The predicted molar refractivity (Wildman–Crippen MR) is 122 cm³/mol. The van der Waals surface area contributed by atoms with Crippen LogP contribution >= 0.6 is 0 Å². The minimum absolute atomic E-state index is 0.0272. The lowest BCUT2D eigenvalue weighted by molar-refractivity contribution is 0.0787. The molecule has 2 heterocycles. The molecular weight excluding hydrogens is 372 g/mol. The van der Waals surface area contributed by atoms with Crippen molar-refractivity contribution in [3.05, 3.63) is 90.3 Å². The van der Waals surface area contributed by atoms with Crippen LogP contribution in [0, 0.1) is 0 Å². The summed E-state index contributed by atoms with van der Waals surface area (Å²) in [6.07, 6.45) is 3.47. The number of fused-ring (bicyclic) bond motifs is 1. The first-order valence-electron chi connectivity index (χ1n) is 9.85. The number of rotatable bonds is 5. The molecular formula is C25H24N4O. The summed E-state index contributed by atoms with van der Waals surface area (Å²) in [5.41, 5.74) is 5.38. The zero-order valence-electron chi connectivity index (χ0n) is 17.4. The molecule has 0 radical (unpaired) electrons. The molecule has 4 rings (SSSR count). The minimum atomic E-state index is -0.0272. The van der Waals surface area contributed by atoms with Gasteiger partial charge in [-0.2, -0.15) is 0 Å². The molecule has 0 saturated heterocycles. The van der Waals surface area contributed by atoms with E-state index in [1.165, 1.54) is 0 Å². The Labute approximate surface area is 176 Å². The van der Waals surface area contributed by atoms with Crippen LogP contribution in [0.5, 0.6) is 0 Å². The Bertz CT molecular complexity index is 1170. The summed E-state index contributed by atoms with van der Waals surface area (Å²) in [5, 5.41) is 0.857. The zero-order chi connectivity index (χ0) is 21.1. The number of para-hydroxylation sites is 1. The van der Waals surface area contributed by atoms with Gasteiger partial charge in [0, 0.05) is 56.7 Å². The highest BCUT2D eigenvalue weighted by molar-refractivity contribution is 6.07. The quantitative estimate of drug-likeness (QED) is 0.493. The fourth-order valence-electron chi connectivity index (χ4n) is 3.47. The van der Waals surface area contributed by atoms with Crippen molar-refractivity contribution in [2.24, 2.45) is 0 Å². The summed E-state index contributed by atoms with van der Waals surface area (Å²) in [6, 6.07) is 21.7. The average molecular weight is 396 g/mol. The summed E-state index contributed by atoms with van der Waals surface area (Å²) in [6.45, 7) is 0.535. The Morgan fingerprint density at radius 3 is 2.30 bits per heavy atom. The van der Waals surface area contributed by atoms with Crippen molar-refractivity contribution in [1.82, 2.24) is 14.9 Å². The van der Waals surface area contributed by atoms with Gasteiger partial charge in [-0.3, -0.25) is 9.78 Å². The first-order valence-corrected chi connectivity index (χ1v) is 9.85. The van der Waals surface area contributed by atoms with E-state index < -0.39 is 0 Å². The summed E-state index contributed by atoms with van der Waals surface area (Å²) in [5.74, 6) is -0.0272. The topological polar surface area (TPSA) is 49.3 Å². The van der Waals surface area contributed by atoms with Crippen LogP contribution in [0.15, 0.2) is 79.1 Å². The van der Waals surface area contributed by atoms with E-state index in [2.05, 4.69) is 34.1 Å². The maximum atomic E-state index is 13.4. The van der Waals surface area contributed by atoms with Gasteiger partial charge in [0.2, 0.25) is 0 Å². The third-order valence-corrected chi connectivity index (χ3v) is 5.14. The van der Waals surface area contributed by atoms with Crippen molar-refractivity contribution < 1.29 is 4.79 Å². The number of benzene rings is 2. The van der Waals surface area contributed by atoms with Crippen molar-refractivity contribution in [1.29, 1.82) is 0 Å². The lowest BCUT2D eigenvalue weighted by atomic mass is 10.0. The maximum Gasteiger partial charge on any atom is 0.254 e. The Hall–Kier alpha value is -3.73. The lowest BCUT2D eigenvalue weighted by Gasteiger charge is -2.20. The van der Waals surface area contributed by atoms with Gasteiger partial charge in [0.25, 0.3) is 5.91 Å². The fourth-order valence-corrected chi connectivity index (χ4v) is 3.47. The number of pyridine rings is 2. The molecule has 0 aliphatic carbocycles. The summed E-state index contributed by atoms with van der Waals surface area (Å²) < 4.78 is 0. The zero-order valence-corrected chi connectivity index (χ0v) is 17.4. The molecule has 0 fully saturated rings. The van der Waals surface area contributed by atoms with E-state index in [4.69, 9.17) is 4.98 Å². The Balaban J connectivity index is 1.68. The van der Waals surface area contributed by atoms with Gasteiger partial charge in [0.05, 0.1) is 16.8 Å². The van der Waals surface area contributed by atoms with Crippen LogP contribution in [0.2, 0.25) is 0 Å². The average Bonchev–Trinajstić information content (AvgIpc) is 2.78. The number of hydrogen-bond acceptors (Lipinski definition) is 4. The molecule has 0 aliphatic heterocycles. The predicted octanol–water partition coefficient (Wildman–Crippen LogP) is 4.64. The number of anilines is 1. The van der Waals surface area contributed by atoms with Gasteiger partial charge in [0.15, 0.2) is 0 Å². The molecule has 2 aromatic carbocycles. The van der Waals surface area contributed by atoms with Crippen LogP contribution < -0.4 is 4.90 Å². The molecule has 5 heteroatoms. The van der Waals surface area contributed by atoms with E-state index in [0.717, 1.165) is 33.4 Å². The molecule has 0 saturated carbocycles. The van der Waals surface area contributed by atoms with E-state index in [0.29, 0.717) is 12.1 Å². The highest BCUT2D eigenvalue weighted by Crippen LogP contribution is 2.26. The molecule has 0 unspecified atom stereocenters. The normalized spacial score (nSPS) is 10.8. The number of hydrogen-bond donors (Lipinski definition) is 0. The van der Waals surface area contributed by atoms with Crippen LogP contribution in [0.4, 0.5) is 5.69 Å². The Morgan fingerprint density at radius 1 is 0.900 bits per heavy atom. The van der Waals surface area contributed by atoms with E-state index >= 15 is 0 Å². The summed E-state index contributed by atoms with van der Waals surface area (Å²) >= 11 is 0. The van der Waals surface area contributed by atoms with Crippen LogP contribution in [0.25, 0.3) is 22.2 Å². The van der Waals surface area contributed by atoms with Crippen molar-refractivity contribution in [3.63, 3.8) is 0 Å². The van der Waals surface area contributed by atoms with Crippen LogP contribution in [-0.2, 0) is 6.54 Å². The molecule has 0 atom stereocenters. The third kappa shape index (κ3) is 4.01. The van der Waals surface area contributed by atoms with Gasteiger partial charge < -0.3 is 9.80 Å². The van der Waals surface area contributed by atoms with Gasteiger partial charge in [-0.1, -0.05) is 30.3 Å². The monoisotopic (exact) mass is 396 g/mol. The lowest BCUT2D eigenvalue weighted by Crippen LogP contribution is -2.26. The molecule has 5 nitrogen and oxygen atoms in total. The van der Waals surface area contributed by atoms with Gasteiger partial charge in [-0.15, -0.1) is 0 Å². The highest BCUT2D eigenvalue weighted by Gasteiger charge is 2.18. The Morgan fingerprint density at radius 2 is 1.60 bits per heavy atom. The molecule has 2 aromatic heterocycles. The smallest absolute Gasteiger partial charge is 0.254 e. The van der Waals surface area contributed by atoms with Crippen LogP contribution in [0.1, 0.15) is 15.9 Å². The molecule has 0 bridgehead atoms. The largest absolute Gasteiger partial charge is 0.378 e. The highest BCUT2D eigenvalue weighted by atomic mass is 16.2. The first kappa shape index (κ1) is 19.6. The van der Waals surface area contributed by atoms with Crippen molar-refractivity contribution in [3.8, 4) is 11.3 Å². The number of carbonyl (C=O) groups excluding carboxylic acids is 1. The molecule has 30 heavy (non-hydrogen) atoms. The van der Waals surface area contributed by atoms with Gasteiger partial charge in [-0.25, -0.2) is 4.98 Å². The van der Waals surface area contributed by atoms with E-state index in [-0.39, 0.29) is 5.91 Å². The van der Waals surface area contributed by atoms with Crippen LogP contribution in [-0.4, -0.2) is 41.9 Å². The maximum absolute atomic E-state index is 13.4. The second-order valence-electron chi connectivity index (χ2n) is 7.53. The van der Waals surface area contributed by atoms with Gasteiger partial charge in [-0.05, 0) is 42.0 Å². The molecule has 0 spiro atoms. The van der Waals surface area contributed by atoms with E-state index in [1.807, 2.05) is 63.6 Å². The number of aromatic nitrogens is 2. The number of amides is 1. The fraction of sp³-hybridized carbons (Fsp3) is 0.160. The molecule has 0 aliphatic rings. The third-order valence-electron chi connectivity index (χ3n) is 5.14. The van der Waals surface area contributed by atoms with E-state index in [1.54, 1.807) is 17.3 Å². The molecule has 4 aromatic rings. The molecule has 1 amide bonds. The van der Waals surface area contributed by atoms with E-state index in [9.17, 15) is 4.79 Å². The SMILES string of the molecule is CN(Cc1ccc(N(C)C)cc1)C(=O)c1cc(-c2ccncc2)nc2ccccc12.